The molecule has 1 aromatic rings. The average molecular weight is 306 g/mol. The largest absolute Gasteiger partial charge is 0.338 e. The maximum atomic E-state index is 12.2. The molecule has 0 radical (unpaired) electrons. The molecule has 19 heavy (non-hydrogen) atoms. The Morgan fingerprint density at radius 3 is 2.84 bits per heavy atom. The second kappa shape index (κ2) is 6.31. The van der Waals surface area contributed by atoms with Crippen LogP contribution >= 0.6 is 23.7 Å². The number of nitrogens with zero attached hydrogens (tertiary/aromatic N) is 2. The van der Waals surface area contributed by atoms with Gasteiger partial charge in [-0.2, -0.15) is 0 Å². The highest BCUT2D eigenvalue weighted by Crippen LogP contribution is 2.30. The molecule has 6 nitrogen and oxygen atoms in total. The van der Waals surface area contributed by atoms with Gasteiger partial charge in [0.05, 0.1) is 14.7 Å². The zero-order valence-corrected chi connectivity index (χ0v) is 12.1. The van der Waals surface area contributed by atoms with E-state index in [1.54, 1.807) is 11.8 Å². The van der Waals surface area contributed by atoms with Crippen molar-refractivity contribution in [2.75, 3.05) is 19.6 Å². The lowest BCUT2D eigenvalue weighted by Crippen LogP contribution is -2.29. The first-order valence-corrected chi connectivity index (χ1v) is 6.58. The predicted octanol–water partition coefficient (Wildman–Crippen LogP) is 1.81. The van der Waals surface area contributed by atoms with E-state index in [0.717, 1.165) is 6.42 Å². The molecule has 2 rings (SSSR count). The normalized spacial score (nSPS) is 18.2. The van der Waals surface area contributed by atoms with Gasteiger partial charge in [-0.25, -0.2) is 0 Å². The van der Waals surface area contributed by atoms with Crippen LogP contribution in [0.2, 0.25) is 0 Å². The van der Waals surface area contributed by atoms with Gasteiger partial charge in [0.15, 0.2) is 0 Å². The van der Waals surface area contributed by atoms with Gasteiger partial charge in [-0.05, 0) is 25.8 Å². The number of thiophene rings is 1. The number of hydrogen-bond acceptors (Lipinski definition) is 5. The van der Waals surface area contributed by atoms with Crippen molar-refractivity contribution in [3.8, 4) is 0 Å². The molecule has 0 aliphatic carbocycles. The van der Waals surface area contributed by atoms with Crippen LogP contribution in [-0.2, 0) is 0 Å². The van der Waals surface area contributed by atoms with Gasteiger partial charge in [0.2, 0.25) is 0 Å². The van der Waals surface area contributed by atoms with Crippen molar-refractivity contribution in [1.29, 1.82) is 0 Å². The van der Waals surface area contributed by atoms with Crippen molar-refractivity contribution in [1.82, 2.24) is 4.90 Å². The van der Waals surface area contributed by atoms with Crippen molar-refractivity contribution in [3.63, 3.8) is 0 Å². The molecular weight excluding hydrogens is 290 g/mol. The molecule has 1 aliphatic heterocycles. The fraction of sp³-hybridized carbons (Fsp3) is 0.545. The van der Waals surface area contributed by atoms with Crippen molar-refractivity contribution in [2.45, 2.75) is 13.3 Å². The van der Waals surface area contributed by atoms with E-state index in [-0.39, 0.29) is 24.0 Å². The van der Waals surface area contributed by atoms with Gasteiger partial charge in [0, 0.05) is 19.2 Å². The number of rotatable bonds is 3. The number of halogens is 1. The van der Waals surface area contributed by atoms with E-state index in [2.05, 4.69) is 0 Å². The molecule has 0 spiro atoms. The van der Waals surface area contributed by atoms with Crippen molar-refractivity contribution in [2.24, 2.45) is 11.7 Å². The lowest BCUT2D eigenvalue weighted by molar-refractivity contribution is -0.385. The van der Waals surface area contributed by atoms with Crippen LogP contribution in [0.15, 0.2) is 6.07 Å². The maximum absolute atomic E-state index is 12.2. The molecule has 2 heterocycles. The SMILES string of the molecule is Cc1sc(C(=O)N2CCC(CN)C2)cc1[N+](=O)[O-].Cl. The van der Waals surface area contributed by atoms with Gasteiger partial charge in [0.1, 0.15) is 0 Å². The first-order chi connectivity index (χ1) is 8.52. The van der Waals surface area contributed by atoms with Crippen molar-refractivity contribution >= 4 is 35.3 Å². The molecule has 0 aromatic carbocycles. The van der Waals surface area contributed by atoms with E-state index in [1.165, 1.54) is 17.4 Å². The Labute approximate surface area is 121 Å². The van der Waals surface area contributed by atoms with Crippen LogP contribution in [0.25, 0.3) is 0 Å². The molecule has 1 saturated heterocycles. The summed E-state index contributed by atoms with van der Waals surface area (Å²) in [6.45, 7) is 3.57. The summed E-state index contributed by atoms with van der Waals surface area (Å²) in [6, 6.07) is 1.37. The summed E-state index contributed by atoms with van der Waals surface area (Å²) >= 11 is 1.18. The first kappa shape index (κ1) is 15.9. The van der Waals surface area contributed by atoms with Crippen LogP contribution in [0.4, 0.5) is 5.69 Å². The molecule has 1 amide bonds. The molecule has 8 heteroatoms. The monoisotopic (exact) mass is 305 g/mol. The molecule has 0 bridgehead atoms. The first-order valence-electron chi connectivity index (χ1n) is 5.77. The second-order valence-electron chi connectivity index (χ2n) is 4.45. The molecule has 1 aliphatic rings. The van der Waals surface area contributed by atoms with Gasteiger partial charge in [-0.1, -0.05) is 0 Å². The van der Waals surface area contributed by atoms with Crippen LogP contribution in [0.5, 0.6) is 0 Å². The van der Waals surface area contributed by atoms with E-state index < -0.39 is 4.92 Å². The Morgan fingerprint density at radius 1 is 1.68 bits per heavy atom. The summed E-state index contributed by atoms with van der Waals surface area (Å²) in [7, 11) is 0. The molecule has 106 valence electrons. The highest BCUT2D eigenvalue weighted by atomic mass is 35.5. The van der Waals surface area contributed by atoms with E-state index in [9.17, 15) is 14.9 Å². The lowest BCUT2D eigenvalue weighted by atomic mass is 10.1. The van der Waals surface area contributed by atoms with Crippen LogP contribution < -0.4 is 5.73 Å². The molecule has 1 unspecified atom stereocenters. The fourth-order valence-corrected chi connectivity index (χ4v) is 3.08. The molecular formula is C11H16ClN3O3S. The van der Waals surface area contributed by atoms with Crippen LogP contribution in [0.1, 0.15) is 21.0 Å². The van der Waals surface area contributed by atoms with Gasteiger partial charge in [0.25, 0.3) is 11.6 Å². The highest BCUT2D eigenvalue weighted by Gasteiger charge is 2.28. The average Bonchev–Trinajstić information content (AvgIpc) is 2.94. The number of carbonyl (C=O) groups is 1. The van der Waals surface area contributed by atoms with E-state index in [4.69, 9.17) is 5.73 Å². The molecule has 1 aromatic heterocycles. The third-order valence-corrected chi connectivity index (χ3v) is 4.23. The summed E-state index contributed by atoms with van der Waals surface area (Å²) < 4.78 is 0. The summed E-state index contributed by atoms with van der Waals surface area (Å²) in [4.78, 5) is 25.2. The predicted molar refractivity (Wildman–Crippen MR) is 76.0 cm³/mol. The van der Waals surface area contributed by atoms with Crippen molar-refractivity contribution < 1.29 is 9.72 Å². The van der Waals surface area contributed by atoms with Crippen LogP contribution in [0.3, 0.4) is 0 Å². The highest BCUT2D eigenvalue weighted by molar-refractivity contribution is 7.14. The zero-order valence-electron chi connectivity index (χ0n) is 10.5. The summed E-state index contributed by atoms with van der Waals surface area (Å²) in [5.74, 6) is 0.233. The number of amides is 1. The minimum atomic E-state index is -0.449. The molecule has 1 fully saturated rings. The number of hydrogen-bond donors (Lipinski definition) is 1. The van der Waals surface area contributed by atoms with Gasteiger partial charge >= 0.3 is 0 Å². The minimum Gasteiger partial charge on any atom is -0.338 e. The number of likely N-dealkylation sites (tertiary alicyclic amines) is 1. The molecule has 1 atom stereocenters. The van der Waals surface area contributed by atoms with E-state index in [1.807, 2.05) is 0 Å². The molecule has 2 N–H and O–H groups in total. The quantitative estimate of drug-likeness (QED) is 0.681. The standard InChI is InChI=1S/C11H15N3O3S.ClH/c1-7-9(14(16)17)4-10(18-7)11(15)13-3-2-8(5-12)6-13;/h4,8H,2-3,5-6,12H2,1H3;1H. The van der Waals surface area contributed by atoms with Crippen LogP contribution in [-0.4, -0.2) is 35.4 Å². The van der Waals surface area contributed by atoms with Crippen molar-refractivity contribution in [3.05, 3.63) is 25.9 Å². The number of aryl methyl sites for hydroxylation is 1. The number of nitro groups is 1. The Kier molecular flexibility index (Phi) is 5.28. The van der Waals surface area contributed by atoms with E-state index >= 15 is 0 Å². The second-order valence-corrected chi connectivity index (χ2v) is 5.71. The molecule has 0 saturated carbocycles. The Hall–Kier alpha value is -1.18. The third-order valence-electron chi connectivity index (χ3n) is 3.21. The summed E-state index contributed by atoms with van der Waals surface area (Å²) in [6.07, 6.45) is 0.911. The van der Waals surface area contributed by atoms with Gasteiger partial charge < -0.3 is 10.6 Å². The lowest BCUT2D eigenvalue weighted by Gasteiger charge is -2.14. The Bertz CT molecular complexity index is 492. The Balaban J connectivity index is 0.00000180. The number of carbonyl (C=O) groups excluding carboxylic acids is 1. The fourth-order valence-electron chi connectivity index (χ4n) is 2.12. The minimum absolute atomic E-state index is 0. The zero-order chi connectivity index (χ0) is 13.3. The number of nitrogens with two attached hydrogens (primary N) is 1. The summed E-state index contributed by atoms with van der Waals surface area (Å²) in [5.41, 5.74) is 5.60. The van der Waals surface area contributed by atoms with Crippen LogP contribution in [0, 0.1) is 23.0 Å². The third kappa shape index (κ3) is 3.23. The topological polar surface area (TPSA) is 89.5 Å². The maximum Gasteiger partial charge on any atom is 0.283 e. The smallest absolute Gasteiger partial charge is 0.283 e. The Morgan fingerprint density at radius 2 is 2.37 bits per heavy atom. The van der Waals surface area contributed by atoms with E-state index in [0.29, 0.717) is 35.3 Å². The van der Waals surface area contributed by atoms with Gasteiger partial charge in [-0.15, -0.1) is 23.7 Å². The summed E-state index contributed by atoms with van der Waals surface area (Å²) in [5, 5.41) is 10.7. The van der Waals surface area contributed by atoms with Gasteiger partial charge in [-0.3, -0.25) is 14.9 Å².